The van der Waals surface area contributed by atoms with Gasteiger partial charge in [-0.05, 0) is 45.2 Å². The van der Waals surface area contributed by atoms with Crippen LogP contribution in [0.15, 0.2) is 29.2 Å². The monoisotopic (exact) mass is 270 g/mol. The molecule has 0 aliphatic heterocycles. The molecule has 1 rings (SSSR count). The summed E-state index contributed by atoms with van der Waals surface area (Å²) in [5, 5.41) is 2.70. The Balaban J connectivity index is 2.87. The van der Waals surface area contributed by atoms with Gasteiger partial charge in [-0.1, -0.05) is 0 Å². The molecule has 0 aromatic heterocycles. The molecule has 0 radical (unpaired) electrons. The van der Waals surface area contributed by atoms with Gasteiger partial charge >= 0.3 is 0 Å². The minimum atomic E-state index is -3.17. The summed E-state index contributed by atoms with van der Waals surface area (Å²) in [4.78, 5) is 2.48. The van der Waals surface area contributed by atoms with Gasteiger partial charge in [-0.25, -0.2) is 8.42 Å². The van der Waals surface area contributed by atoms with Crippen molar-refractivity contribution in [3.63, 3.8) is 0 Å². The van der Waals surface area contributed by atoms with Gasteiger partial charge in [-0.15, -0.1) is 0 Å². The number of likely N-dealkylation sites (N-methyl/N-ethyl adjacent to an activating group) is 2. The van der Waals surface area contributed by atoms with Crippen LogP contribution in [0.5, 0.6) is 0 Å². The topological polar surface area (TPSA) is 49.4 Å². The summed E-state index contributed by atoms with van der Waals surface area (Å²) in [6.07, 6.45) is 0. The van der Waals surface area contributed by atoms with Gasteiger partial charge in [0.05, 0.1) is 10.1 Å². The first-order valence-corrected chi connectivity index (χ1v) is 7.64. The van der Waals surface area contributed by atoms with Gasteiger partial charge in [0.15, 0.2) is 9.84 Å². The third-order valence-corrected chi connectivity index (χ3v) is 5.09. The maximum absolute atomic E-state index is 12.0. The first-order valence-electron chi connectivity index (χ1n) is 6.09. The number of nitrogens with zero attached hydrogens (tertiary/aromatic N) is 1. The Labute approximate surface area is 110 Å². The number of rotatable bonds is 6. The molecule has 0 amide bonds. The molecular formula is C13H22N2O2S. The van der Waals surface area contributed by atoms with E-state index in [-0.39, 0.29) is 5.25 Å². The summed E-state index contributed by atoms with van der Waals surface area (Å²) in [6.45, 7) is 5.17. The third-order valence-electron chi connectivity index (χ3n) is 2.92. The van der Waals surface area contributed by atoms with Crippen molar-refractivity contribution in [1.82, 2.24) is 5.32 Å². The second kappa shape index (κ2) is 6.20. The van der Waals surface area contributed by atoms with E-state index in [1.54, 1.807) is 26.0 Å². The quantitative estimate of drug-likeness (QED) is 0.851. The molecule has 0 saturated heterocycles. The minimum Gasteiger partial charge on any atom is -0.373 e. The zero-order chi connectivity index (χ0) is 13.8. The van der Waals surface area contributed by atoms with Crippen molar-refractivity contribution >= 4 is 15.5 Å². The van der Waals surface area contributed by atoms with Gasteiger partial charge in [0.2, 0.25) is 0 Å². The molecule has 0 heterocycles. The summed E-state index contributed by atoms with van der Waals surface area (Å²) in [7, 11) is 0.731. The maximum atomic E-state index is 12.0. The fraction of sp³-hybridized carbons (Fsp3) is 0.538. The first kappa shape index (κ1) is 15.0. The largest absolute Gasteiger partial charge is 0.373 e. The highest BCUT2D eigenvalue weighted by molar-refractivity contribution is 7.92. The lowest BCUT2D eigenvalue weighted by molar-refractivity contribution is 0.587. The summed E-state index contributed by atoms with van der Waals surface area (Å²) in [6, 6.07) is 7.07. The van der Waals surface area contributed by atoms with E-state index in [1.165, 1.54) is 0 Å². The molecule has 0 atom stereocenters. The highest BCUT2D eigenvalue weighted by Gasteiger charge is 2.18. The lowest BCUT2D eigenvalue weighted by atomic mass is 10.3. The van der Waals surface area contributed by atoms with Crippen molar-refractivity contribution in [2.75, 3.05) is 32.1 Å². The molecule has 0 aliphatic carbocycles. The van der Waals surface area contributed by atoms with Gasteiger partial charge in [-0.2, -0.15) is 0 Å². The highest BCUT2D eigenvalue weighted by atomic mass is 32.2. The predicted octanol–water partition coefficient (Wildman–Crippen LogP) is 1.52. The van der Waals surface area contributed by atoms with Crippen LogP contribution in [-0.2, 0) is 9.84 Å². The molecule has 1 aromatic rings. The Hall–Kier alpha value is -1.07. The van der Waals surface area contributed by atoms with E-state index in [0.717, 1.165) is 18.8 Å². The van der Waals surface area contributed by atoms with E-state index in [4.69, 9.17) is 0 Å². The molecular weight excluding hydrogens is 248 g/mol. The number of benzene rings is 1. The molecule has 0 saturated carbocycles. The summed E-state index contributed by atoms with van der Waals surface area (Å²) < 4.78 is 23.9. The van der Waals surface area contributed by atoms with E-state index in [0.29, 0.717) is 4.90 Å². The number of hydrogen-bond acceptors (Lipinski definition) is 4. The Bertz CT molecular complexity index is 466. The van der Waals surface area contributed by atoms with Gasteiger partial charge in [0.25, 0.3) is 0 Å². The standard InChI is InChI=1S/C13H22N2O2S/c1-11(2)18(16,17)13-7-5-12(6-8-13)15(4)10-9-14-3/h5-8,11,14H,9-10H2,1-4H3. The first-order chi connectivity index (χ1) is 8.39. The van der Waals surface area contributed by atoms with E-state index >= 15 is 0 Å². The smallest absolute Gasteiger partial charge is 0.180 e. The third kappa shape index (κ3) is 3.46. The van der Waals surface area contributed by atoms with Crippen molar-refractivity contribution in [2.24, 2.45) is 0 Å². The van der Waals surface area contributed by atoms with Crippen LogP contribution in [0.25, 0.3) is 0 Å². The van der Waals surface area contributed by atoms with E-state index in [1.807, 2.05) is 26.2 Å². The zero-order valence-electron chi connectivity index (χ0n) is 11.5. The number of anilines is 1. The van der Waals surface area contributed by atoms with Gasteiger partial charge < -0.3 is 10.2 Å². The Morgan fingerprint density at radius 1 is 1.22 bits per heavy atom. The molecule has 4 nitrogen and oxygen atoms in total. The molecule has 18 heavy (non-hydrogen) atoms. The Morgan fingerprint density at radius 2 is 1.78 bits per heavy atom. The highest BCUT2D eigenvalue weighted by Crippen LogP contribution is 2.20. The zero-order valence-corrected chi connectivity index (χ0v) is 12.3. The van der Waals surface area contributed by atoms with Crippen molar-refractivity contribution in [1.29, 1.82) is 0 Å². The molecule has 0 fully saturated rings. The molecule has 1 aromatic carbocycles. The van der Waals surface area contributed by atoms with Crippen LogP contribution in [0.2, 0.25) is 0 Å². The molecule has 0 unspecified atom stereocenters. The fourth-order valence-electron chi connectivity index (χ4n) is 1.57. The van der Waals surface area contributed by atoms with Crippen molar-refractivity contribution in [3.8, 4) is 0 Å². The lowest BCUT2D eigenvalue weighted by Gasteiger charge is -2.19. The maximum Gasteiger partial charge on any atom is 0.180 e. The summed E-state index contributed by atoms with van der Waals surface area (Å²) in [5.74, 6) is 0. The van der Waals surface area contributed by atoms with Gasteiger partial charge in [0.1, 0.15) is 0 Å². The molecule has 0 aliphatic rings. The van der Waals surface area contributed by atoms with Crippen LogP contribution in [0.4, 0.5) is 5.69 Å². The van der Waals surface area contributed by atoms with Crippen molar-refractivity contribution < 1.29 is 8.42 Å². The van der Waals surface area contributed by atoms with Crippen LogP contribution in [-0.4, -0.2) is 40.9 Å². The number of sulfone groups is 1. The van der Waals surface area contributed by atoms with Gasteiger partial charge in [-0.3, -0.25) is 0 Å². The van der Waals surface area contributed by atoms with Crippen LogP contribution in [0, 0.1) is 0 Å². The molecule has 1 N–H and O–H groups in total. The second-order valence-electron chi connectivity index (χ2n) is 4.61. The van der Waals surface area contributed by atoms with Gasteiger partial charge in [0, 0.05) is 25.8 Å². The normalized spacial score (nSPS) is 11.8. The van der Waals surface area contributed by atoms with E-state index in [9.17, 15) is 8.42 Å². The Kier molecular flexibility index (Phi) is 5.16. The van der Waals surface area contributed by atoms with Crippen LogP contribution in [0.1, 0.15) is 13.8 Å². The van der Waals surface area contributed by atoms with Crippen LogP contribution < -0.4 is 10.2 Å². The van der Waals surface area contributed by atoms with Crippen molar-refractivity contribution in [2.45, 2.75) is 24.0 Å². The molecule has 0 spiro atoms. The number of nitrogens with one attached hydrogen (secondary N) is 1. The molecule has 102 valence electrons. The van der Waals surface area contributed by atoms with Crippen LogP contribution in [0.3, 0.4) is 0 Å². The predicted molar refractivity (Wildman–Crippen MR) is 76.0 cm³/mol. The minimum absolute atomic E-state index is 0.384. The second-order valence-corrected chi connectivity index (χ2v) is 7.12. The lowest BCUT2D eigenvalue weighted by Crippen LogP contribution is -2.27. The summed E-state index contributed by atoms with van der Waals surface area (Å²) in [5.41, 5.74) is 1.02. The van der Waals surface area contributed by atoms with E-state index < -0.39 is 9.84 Å². The van der Waals surface area contributed by atoms with Crippen molar-refractivity contribution in [3.05, 3.63) is 24.3 Å². The SMILES string of the molecule is CNCCN(C)c1ccc(S(=O)(=O)C(C)C)cc1. The van der Waals surface area contributed by atoms with Crippen LogP contribution >= 0.6 is 0 Å². The van der Waals surface area contributed by atoms with E-state index in [2.05, 4.69) is 10.2 Å². The Morgan fingerprint density at radius 3 is 2.22 bits per heavy atom. The molecule has 0 bridgehead atoms. The molecule has 5 heteroatoms. The average molecular weight is 270 g/mol. The fourth-order valence-corrected chi connectivity index (χ4v) is 2.63. The average Bonchev–Trinajstić information content (AvgIpc) is 2.35. The summed E-state index contributed by atoms with van der Waals surface area (Å²) >= 11 is 0. The number of hydrogen-bond donors (Lipinski definition) is 1.